The van der Waals surface area contributed by atoms with E-state index >= 15 is 0 Å². The standard InChI is InChI=1S/C11H13N3O3S/c1-7-5-9(3-4-10(7)12)18(15,16)14-11-6-8(2)13-17-11/h3-6,14H,12H2,1-2H3. The zero-order chi connectivity index (χ0) is 13.3. The summed E-state index contributed by atoms with van der Waals surface area (Å²) in [7, 11) is -3.68. The minimum absolute atomic E-state index is 0.0852. The van der Waals surface area contributed by atoms with Gasteiger partial charge in [-0.2, -0.15) is 0 Å². The first kappa shape index (κ1) is 12.4. The van der Waals surface area contributed by atoms with Gasteiger partial charge in [-0.15, -0.1) is 0 Å². The number of nitrogen functional groups attached to an aromatic ring is 1. The van der Waals surface area contributed by atoms with Crippen LogP contribution in [-0.4, -0.2) is 13.6 Å². The molecule has 6 nitrogen and oxygen atoms in total. The molecule has 1 aromatic carbocycles. The van der Waals surface area contributed by atoms with E-state index in [4.69, 9.17) is 10.3 Å². The normalized spacial score (nSPS) is 11.4. The Bertz CT molecular complexity index is 677. The van der Waals surface area contributed by atoms with Crippen LogP contribution >= 0.6 is 0 Å². The molecule has 1 aromatic heterocycles. The predicted octanol–water partition coefficient (Wildman–Crippen LogP) is 1.67. The van der Waals surface area contributed by atoms with Gasteiger partial charge in [-0.05, 0) is 37.6 Å². The summed E-state index contributed by atoms with van der Waals surface area (Å²) in [5.41, 5.74) is 7.49. The third-order valence-electron chi connectivity index (χ3n) is 2.41. The maximum absolute atomic E-state index is 12.0. The number of sulfonamides is 1. The summed E-state index contributed by atoms with van der Waals surface area (Å²) in [5, 5.41) is 3.60. The Kier molecular flexibility index (Phi) is 3.00. The van der Waals surface area contributed by atoms with E-state index < -0.39 is 10.0 Å². The molecule has 96 valence electrons. The lowest BCUT2D eigenvalue weighted by atomic mass is 10.2. The van der Waals surface area contributed by atoms with Crippen LogP contribution in [0, 0.1) is 13.8 Å². The lowest BCUT2D eigenvalue weighted by molar-refractivity contribution is 0.430. The van der Waals surface area contributed by atoms with Gasteiger partial charge in [0.15, 0.2) is 0 Å². The molecule has 2 rings (SSSR count). The molecule has 0 atom stereocenters. The predicted molar refractivity (Wildman–Crippen MR) is 67.6 cm³/mol. The fraction of sp³-hybridized carbons (Fsp3) is 0.182. The molecule has 1 heterocycles. The van der Waals surface area contributed by atoms with Crippen LogP contribution in [0.5, 0.6) is 0 Å². The summed E-state index contributed by atoms with van der Waals surface area (Å²) < 4.78 is 31.2. The second-order valence-corrected chi connectivity index (χ2v) is 5.64. The van der Waals surface area contributed by atoms with Crippen molar-refractivity contribution >= 4 is 21.6 Å². The van der Waals surface area contributed by atoms with Gasteiger partial charge < -0.3 is 10.3 Å². The summed E-state index contributed by atoms with van der Waals surface area (Å²) in [4.78, 5) is 0.128. The van der Waals surface area contributed by atoms with Gasteiger partial charge in [-0.25, -0.2) is 13.1 Å². The van der Waals surface area contributed by atoms with Gasteiger partial charge in [-0.3, -0.25) is 0 Å². The lowest BCUT2D eigenvalue weighted by Gasteiger charge is -2.06. The summed E-state index contributed by atoms with van der Waals surface area (Å²) in [5.74, 6) is 0.0852. The van der Waals surface area contributed by atoms with Gasteiger partial charge in [0.05, 0.1) is 10.6 Å². The van der Waals surface area contributed by atoms with Crippen molar-refractivity contribution in [2.45, 2.75) is 18.7 Å². The second-order valence-electron chi connectivity index (χ2n) is 3.96. The van der Waals surface area contributed by atoms with E-state index in [9.17, 15) is 8.42 Å². The number of hydrogen-bond acceptors (Lipinski definition) is 5. The minimum atomic E-state index is -3.68. The Hall–Kier alpha value is -2.02. The van der Waals surface area contributed by atoms with Crippen molar-refractivity contribution in [1.82, 2.24) is 5.16 Å². The zero-order valence-corrected chi connectivity index (χ0v) is 10.8. The molecule has 0 amide bonds. The van der Waals surface area contributed by atoms with E-state index in [1.165, 1.54) is 18.2 Å². The lowest BCUT2D eigenvalue weighted by Crippen LogP contribution is -2.12. The Labute approximate surface area is 105 Å². The molecule has 0 bridgehead atoms. The number of nitrogens with one attached hydrogen (secondary N) is 1. The number of nitrogens with zero attached hydrogens (tertiary/aromatic N) is 1. The SMILES string of the molecule is Cc1cc(NS(=O)(=O)c2ccc(N)c(C)c2)on1. The van der Waals surface area contributed by atoms with Gasteiger partial charge in [0.1, 0.15) is 0 Å². The average Bonchev–Trinajstić information content (AvgIpc) is 2.67. The van der Waals surface area contributed by atoms with E-state index in [0.29, 0.717) is 16.9 Å². The molecule has 7 heteroatoms. The summed E-state index contributed by atoms with van der Waals surface area (Å²) >= 11 is 0. The summed E-state index contributed by atoms with van der Waals surface area (Å²) in [6, 6.07) is 5.99. The van der Waals surface area contributed by atoms with Crippen LogP contribution in [0.4, 0.5) is 11.6 Å². The third kappa shape index (κ3) is 2.45. The van der Waals surface area contributed by atoms with Crippen LogP contribution in [0.2, 0.25) is 0 Å². The summed E-state index contributed by atoms with van der Waals surface area (Å²) in [6.45, 7) is 3.45. The van der Waals surface area contributed by atoms with E-state index in [0.717, 1.165) is 0 Å². The monoisotopic (exact) mass is 267 g/mol. The minimum Gasteiger partial charge on any atom is -0.399 e. The quantitative estimate of drug-likeness (QED) is 0.824. The smallest absolute Gasteiger partial charge is 0.264 e. The molecule has 3 N–H and O–H groups in total. The van der Waals surface area contributed by atoms with Gasteiger partial charge in [-0.1, -0.05) is 5.16 Å². The Balaban J connectivity index is 2.33. The maximum atomic E-state index is 12.0. The van der Waals surface area contributed by atoms with Crippen molar-refractivity contribution in [2.24, 2.45) is 0 Å². The van der Waals surface area contributed by atoms with Crippen molar-refractivity contribution in [3.05, 3.63) is 35.5 Å². The first-order valence-electron chi connectivity index (χ1n) is 5.21. The van der Waals surface area contributed by atoms with Crippen molar-refractivity contribution in [3.63, 3.8) is 0 Å². The van der Waals surface area contributed by atoms with Crippen molar-refractivity contribution in [3.8, 4) is 0 Å². The van der Waals surface area contributed by atoms with E-state index in [1.54, 1.807) is 19.9 Å². The Morgan fingerprint density at radius 3 is 2.56 bits per heavy atom. The number of aryl methyl sites for hydroxylation is 2. The zero-order valence-electron chi connectivity index (χ0n) is 9.97. The molecule has 0 aliphatic rings. The molecule has 0 radical (unpaired) electrons. The van der Waals surface area contributed by atoms with Crippen molar-refractivity contribution < 1.29 is 12.9 Å². The number of benzene rings is 1. The highest BCUT2D eigenvalue weighted by Crippen LogP contribution is 2.20. The highest BCUT2D eigenvalue weighted by atomic mass is 32.2. The number of anilines is 2. The Morgan fingerprint density at radius 2 is 2.00 bits per heavy atom. The Morgan fingerprint density at radius 1 is 1.28 bits per heavy atom. The molecule has 0 aliphatic carbocycles. The van der Waals surface area contributed by atoms with E-state index in [1.807, 2.05) is 0 Å². The highest BCUT2D eigenvalue weighted by molar-refractivity contribution is 7.92. The molecule has 2 aromatic rings. The number of aromatic nitrogens is 1. The first-order chi connectivity index (χ1) is 8.38. The first-order valence-corrected chi connectivity index (χ1v) is 6.69. The fourth-order valence-electron chi connectivity index (χ4n) is 1.42. The number of rotatable bonds is 3. The van der Waals surface area contributed by atoms with Crippen LogP contribution < -0.4 is 10.5 Å². The molecule has 0 spiro atoms. The summed E-state index contributed by atoms with van der Waals surface area (Å²) in [6.07, 6.45) is 0. The van der Waals surface area contributed by atoms with Crippen LogP contribution in [0.3, 0.4) is 0 Å². The van der Waals surface area contributed by atoms with Gasteiger partial charge in [0, 0.05) is 11.8 Å². The molecule has 0 aliphatic heterocycles. The fourth-order valence-corrected chi connectivity index (χ4v) is 2.48. The number of nitrogens with two attached hydrogens (primary N) is 1. The third-order valence-corrected chi connectivity index (χ3v) is 3.76. The number of hydrogen-bond donors (Lipinski definition) is 2. The molecule has 0 saturated carbocycles. The van der Waals surface area contributed by atoms with Crippen LogP contribution in [0.1, 0.15) is 11.3 Å². The molecule has 0 saturated heterocycles. The topological polar surface area (TPSA) is 98.2 Å². The van der Waals surface area contributed by atoms with E-state index in [2.05, 4.69) is 9.88 Å². The largest absolute Gasteiger partial charge is 0.399 e. The highest BCUT2D eigenvalue weighted by Gasteiger charge is 2.17. The molecular formula is C11H13N3O3S. The van der Waals surface area contributed by atoms with Crippen LogP contribution in [0.15, 0.2) is 33.7 Å². The van der Waals surface area contributed by atoms with Gasteiger partial charge >= 0.3 is 0 Å². The van der Waals surface area contributed by atoms with E-state index in [-0.39, 0.29) is 10.8 Å². The van der Waals surface area contributed by atoms with Gasteiger partial charge in [0.2, 0.25) is 5.88 Å². The molecule has 18 heavy (non-hydrogen) atoms. The molecule has 0 fully saturated rings. The molecule has 0 unspecified atom stereocenters. The van der Waals surface area contributed by atoms with Gasteiger partial charge in [0.25, 0.3) is 10.0 Å². The maximum Gasteiger partial charge on any atom is 0.264 e. The van der Waals surface area contributed by atoms with Crippen LogP contribution in [-0.2, 0) is 10.0 Å². The average molecular weight is 267 g/mol. The second kappa shape index (κ2) is 4.34. The van der Waals surface area contributed by atoms with Crippen LogP contribution in [0.25, 0.3) is 0 Å². The van der Waals surface area contributed by atoms with Crippen molar-refractivity contribution in [1.29, 1.82) is 0 Å². The van der Waals surface area contributed by atoms with Crippen molar-refractivity contribution in [2.75, 3.05) is 10.5 Å². The molecular weight excluding hydrogens is 254 g/mol.